The van der Waals surface area contributed by atoms with Gasteiger partial charge in [-0.25, -0.2) is 9.67 Å². The van der Waals surface area contributed by atoms with Crippen LogP contribution in [0.5, 0.6) is 0 Å². The van der Waals surface area contributed by atoms with Gasteiger partial charge >= 0.3 is 0 Å². The van der Waals surface area contributed by atoms with Gasteiger partial charge in [-0.1, -0.05) is 13.3 Å². The minimum atomic E-state index is -0.471. The maximum absolute atomic E-state index is 13.3. The van der Waals surface area contributed by atoms with Gasteiger partial charge in [0.05, 0.1) is 4.92 Å². The SMILES string of the molecule is CCC1CCC(N(C(=O)c2ccc(-n3cncn3)c([N+](=O)[O-])c2)C2CC2)CC1. The zero-order chi connectivity index (χ0) is 19.7. The maximum Gasteiger partial charge on any atom is 0.295 e. The van der Waals surface area contributed by atoms with Crippen LogP contribution in [0.25, 0.3) is 5.69 Å². The second-order valence-electron chi connectivity index (χ2n) is 7.83. The first kappa shape index (κ1) is 18.6. The van der Waals surface area contributed by atoms with Crippen LogP contribution >= 0.6 is 0 Å². The van der Waals surface area contributed by atoms with E-state index in [2.05, 4.69) is 17.0 Å². The molecule has 0 aliphatic heterocycles. The molecule has 1 amide bonds. The summed E-state index contributed by atoms with van der Waals surface area (Å²) in [5.41, 5.74) is 0.544. The van der Waals surface area contributed by atoms with E-state index in [9.17, 15) is 14.9 Å². The number of carbonyl (C=O) groups excluding carboxylic acids is 1. The molecule has 8 nitrogen and oxygen atoms in total. The summed E-state index contributed by atoms with van der Waals surface area (Å²) in [6.45, 7) is 2.23. The van der Waals surface area contributed by atoms with Crippen molar-refractivity contribution in [2.45, 2.75) is 64.0 Å². The standard InChI is InChI=1S/C20H25N5O3/c1-2-14-3-6-16(7-4-14)24(17-8-9-17)20(26)15-5-10-18(19(11-15)25(27)28)23-13-21-12-22-23/h5,10-14,16-17H,2-4,6-9H2,1H3. The van der Waals surface area contributed by atoms with Crippen molar-refractivity contribution in [1.29, 1.82) is 0 Å². The van der Waals surface area contributed by atoms with Crippen LogP contribution in [0, 0.1) is 16.0 Å². The molecular formula is C20H25N5O3. The molecule has 4 rings (SSSR count). The smallest absolute Gasteiger partial charge is 0.295 e. The molecule has 0 N–H and O–H groups in total. The van der Waals surface area contributed by atoms with Gasteiger partial charge in [0.2, 0.25) is 0 Å². The molecule has 0 unspecified atom stereocenters. The largest absolute Gasteiger partial charge is 0.333 e. The number of hydrogen-bond acceptors (Lipinski definition) is 5. The van der Waals surface area contributed by atoms with Gasteiger partial charge in [-0.15, -0.1) is 0 Å². The molecule has 28 heavy (non-hydrogen) atoms. The Bertz CT molecular complexity index is 855. The van der Waals surface area contributed by atoms with Crippen LogP contribution in [-0.2, 0) is 0 Å². The minimum absolute atomic E-state index is 0.0873. The van der Waals surface area contributed by atoms with Gasteiger partial charge in [0.15, 0.2) is 0 Å². The highest BCUT2D eigenvalue weighted by Gasteiger charge is 2.39. The summed E-state index contributed by atoms with van der Waals surface area (Å²) in [6, 6.07) is 5.16. The van der Waals surface area contributed by atoms with E-state index in [-0.39, 0.29) is 23.7 Å². The summed E-state index contributed by atoms with van der Waals surface area (Å²) in [4.78, 5) is 30.3. The van der Waals surface area contributed by atoms with Crippen molar-refractivity contribution in [2.24, 2.45) is 5.92 Å². The summed E-state index contributed by atoms with van der Waals surface area (Å²) >= 11 is 0. The topological polar surface area (TPSA) is 94.2 Å². The minimum Gasteiger partial charge on any atom is -0.333 e. The average molecular weight is 383 g/mol. The van der Waals surface area contributed by atoms with Crippen LogP contribution in [0.3, 0.4) is 0 Å². The molecule has 2 saturated carbocycles. The zero-order valence-corrected chi connectivity index (χ0v) is 16.0. The van der Waals surface area contributed by atoms with Crippen molar-refractivity contribution >= 4 is 11.6 Å². The zero-order valence-electron chi connectivity index (χ0n) is 16.0. The van der Waals surface area contributed by atoms with Crippen LogP contribution in [0.2, 0.25) is 0 Å². The third-order valence-corrected chi connectivity index (χ3v) is 6.05. The van der Waals surface area contributed by atoms with Gasteiger partial charge in [-0.2, -0.15) is 5.10 Å². The number of rotatable bonds is 6. The fourth-order valence-corrected chi connectivity index (χ4v) is 4.29. The van der Waals surface area contributed by atoms with Gasteiger partial charge in [-0.05, 0) is 56.6 Å². The van der Waals surface area contributed by atoms with E-state index in [1.165, 1.54) is 29.8 Å². The Morgan fingerprint density at radius 3 is 2.43 bits per heavy atom. The number of nitro groups is 1. The molecule has 0 bridgehead atoms. The van der Waals surface area contributed by atoms with E-state index < -0.39 is 4.92 Å². The first-order valence-corrected chi connectivity index (χ1v) is 10.0. The van der Waals surface area contributed by atoms with Gasteiger partial charge in [0, 0.05) is 23.7 Å². The van der Waals surface area contributed by atoms with Crippen molar-refractivity contribution < 1.29 is 9.72 Å². The number of nitrogens with zero attached hydrogens (tertiary/aromatic N) is 5. The van der Waals surface area contributed by atoms with Gasteiger partial charge in [0.25, 0.3) is 11.6 Å². The van der Waals surface area contributed by atoms with Crippen molar-refractivity contribution in [3.63, 3.8) is 0 Å². The molecule has 2 aliphatic rings. The molecule has 0 atom stereocenters. The highest BCUT2D eigenvalue weighted by atomic mass is 16.6. The van der Waals surface area contributed by atoms with Crippen molar-refractivity contribution in [3.05, 3.63) is 46.5 Å². The molecule has 1 aromatic heterocycles. The summed E-state index contributed by atoms with van der Waals surface area (Å²) in [7, 11) is 0. The van der Waals surface area contributed by atoms with E-state index in [0.717, 1.165) is 44.4 Å². The number of aromatic nitrogens is 3. The average Bonchev–Trinajstić information content (AvgIpc) is 3.39. The van der Waals surface area contributed by atoms with Crippen LogP contribution < -0.4 is 0 Å². The lowest BCUT2D eigenvalue weighted by Gasteiger charge is -2.37. The first-order chi connectivity index (χ1) is 13.6. The summed E-state index contributed by atoms with van der Waals surface area (Å²) in [5.74, 6) is 0.672. The molecule has 2 fully saturated rings. The molecule has 0 saturated heterocycles. The number of benzene rings is 1. The lowest BCUT2D eigenvalue weighted by Crippen LogP contribution is -2.43. The Morgan fingerprint density at radius 2 is 1.89 bits per heavy atom. The van der Waals surface area contributed by atoms with Crippen molar-refractivity contribution in [1.82, 2.24) is 19.7 Å². The lowest BCUT2D eigenvalue weighted by molar-refractivity contribution is -0.384. The highest BCUT2D eigenvalue weighted by Crippen LogP contribution is 2.37. The summed E-state index contributed by atoms with van der Waals surface area (Å²) in [6.07, 6.45) is 10.3. The van der Waals surface area contributed by atoms with E-state index in [1.807, 2.05) is 4.90 Å². The van der Waals surface area contributed by atoms with Crippen LogP contribution in [0.4, 0.5) is 5.69 Å². The first-order valence-electron chi connectivity index (χ1n) is 10.0. The van der Waals surface area contributed by atoms with Crippen molar-refractivity contribution in [2.75, 3.05) is 0 Å². The van der Waals surface area contributed by atoms with Crippen LogP contribution in [-0.4, -0.2) is 42.6 Å². The summed E-state index contributed by atoms with van der Waals surface area (Å²) < 4.78 is 1.34. The number of nitro benzene ring substituents is 1. The third-order valence-electron chi connectivity index (χ3n) is 6.05. The molecule has 1 heterocycles. The van der Waals surface area contributed by atoms with Crippen LogP contribution in [0.15, 0.2) is 30.9 Å². The highest BCUT2D eigenvalue weighted by molar-refractivity contribution is 5.96. The number of amides is 1. The quantitative estimate of drug-likeness (QED) is 0.559. The molecule has 148 valence electrons. The molecular weight excluding hydrogens is 358 g/mol. The maximum atomic E-state index is 13.3. The summed E-state index contributed by atoms with van der Waals surface area (Å²) in [5, 5.41) is 15.6. The Kier molecular flexibility index (Phi) is 5.11. The molecule has 0 spiro atoms. The third kappa shape index (κ3) is 3.63. The Balaban J connectivity index is 1.61. The second-order valence-corrected chi connectivity index (χ2v) is 7.83. The van der Waals surface area contributed by atoms with Gasteiger partial charge in [0.1, 0.15) is 18.3 Å². The predicted octanol–water partition coefficient (Wildman–Crippen LogP) is 3.75. The second kappa shape index (κ2) is 7.69. The fourth-order valence-electron chi connectivity index (χ4n) is 4.29. The molecule has 0 radical (unpaired) electrons. The van der Waals surface area contributed by atoms with Crippen molar-refractivity contribution in [3.8, 4) is 5.69 Å². The van der Waals surface area contributed by atoms with E-state index in [4.69, 9.17) is 0 Å². The normalized spacial score (nSPS) is 22.0. The van der Waals surface area contributed by atoms with E-state index >= 15 is 0 Å². The Morgan fingerprint density at radius 1 is 1.21 bits per heavy atom. The van der Waals surface area contributed by atoms with E-state index in [1.54, 1.807) is 12.1 Å². The van der Waals surface area contributed by atoms with Gasteiger partial charge in [-0.3, -0.25) is 14.9 Å². The lowest BCUT2D eigenvalue weighted by atomic mass is 9.83. The fraction of sp³-hybridized carbons (Fsp3) is 0.550. The number of hydrogen-bond donors (Lipinski definition) is 0. The Hall–Kier alpha value is -2.77. The molecule has 2 aliphatic carbocycles. The molecule has 8 heteroatoms. The number of carbonyl (C=O) groups is 1. The molecule has 2 aromatic rings. The molecule has 1 aromatic carbocycles. The predicted molar refractivity (Wildman–Crippen MR) is 103 cm³/mol. The van der Waals surface area contributed by atoms with E-state index in [0.29, 0.717) is 11.3 Å². The monoisotopic (exact) mass is 383 g/mol. The van der Waals surface area contributed by atoms with Crippen LogP contribution in [0.1, 0.15) is 62.2 Å². The van der Waals surface area contributed by atoms with Gasteiger partial charge < -0.3 is 4.90 Å². The Labute approximate surface area is 163 Å².